The summed E-state index contributed by atoms with van der Waals surface area (Å²) in [5.74, 6) is -0.186. The molecule has 2 heterocycles. The van der Waals surface area contributed by atoms with Gasteiger partial charge in [-0.25, -0.2) is 0 Å². The van der Waals surface area contributed by atoms with Crippen LogP contribution < -0.4 is 11.1 Å². The molecule has 106 valence electrons. The van der Waals surface area contributed by atoms with E-state index in [2.05, 4.69) is 10.3 Å². The summed E-state index contributed by atoms with van der Waals surface area (Å²) in [5, 5.41) is 4.37. The summed E-state index contributed by atoms with van der Waals surface area (Å²) in [6.45, 7) is 0.408. The van der Waals surface area contributed by atoms with E-state index < -0.39 is 0 Å². The molecule has 3 rings (SSSR count). The fourth-order valence-electron chi connectivity index (χ4n) is 2.05. The fraction of sp³-hybridized carbons (Fsp3) is 0.0667. The topological polar surface area (TPSA) is 68.0 Å². The molecule has 0 bridgehead atoms. The smallest absolute Gasteiger partial charge is 0.263 e. The number of carbonyl (C=O) groups is 1. The number of nitrogens with zero attached hydrogens (tertiary/aromatic N) is 1. The summed E-state index contributed by atoms with van der Waals surface area (Å²) in [6, 6.07) is 9.19. The van der Waals surface area contributed by atoms with Crippen LogP contribution in [0.2, 0.25) is 5.02 Å². The Morgan fingerprint density at radius 3 is 3.00 bits per heavy atom. The van der Waals surface area contributed by atoms with Gasteiger partial charge in [-0.05, 0) is 23.8 Å². The van der Waals surface area contributed by atoms with Gasteiger partial charge in [-0.2, -0.15) is 0 Å². The lowest BCUT2D eigenvalue weighted by atomic mass is 10.2. The van der Waals surface area contributed by atoms with Crippen LogP contribution in [0.4, 0.5) is 5.69 Å². The van der Waals surface area contributed by atoms with Crippen molar-refractivity contribution in [2.75, 3.05) is 5.73 Å². The van der Waals surface area contributed by atoms with E-state index in [1.165, 1.54) is 11.3 Å². The summed E-state index contributed by atoms with van der Waals surface area (Å²) >= 11 is 7.26. The second kappa shape index (κ2) is 5.71. The maximum atomic E-state index is 12.3. The van der Waals surface area contributed by atoms with E-state index in [0.717, 1.165) is 15.6 Å². The summed E-state index contributed by atoms with van der Waals surface area (Å²) in [7, 11) is 0. The summed E-state index contributed by atoms with van der Waals surface area (Å²) in [6.07, 6.45) is 3.38. The van der Waals surface area contributed by atoms with Crippen molar-refractivity contribution in [1.82, 2.24) is 10.3 Å². The Morgan fingerprint density at radius 1 is 1.38 bits per heavy atom. The third kappa shape index (κ3) is 2.84. The first-order valence-corrected chi connectivity index (χ1v) is 7.49. The molecule has 0 aliphatic carbocycles. The number of nitrogen functional groups attached to an aromatic ring is 1. The molecule has 1 aromatic carbocycles. The summed E-state index contributed by atoms with van der Waals surface area (Å²) in [5.41, 5.74) is 7.48. The Labute approximate surface area is 130 Å². The summed E-state index contributed by atoms with van der Waals surface area (Å²) < 4.78 is 0.905. The van der Waals surface area contributed by atoms with Gasteiger partial charge in [0.25, 0.3) is 5.91 Å². The van der Waals surface area contributed by atoms with Crippen molar-refractivity contribution < 1.29 is 4.79 Å². The Balaban J connectivity index is 1.79. The Kier molecular flexibility index (Phi) is 3.77. The number of rotatable bonds is 3. The van der Waals surface area contributed by atoms with Crippen LogP contribution in [0.15, 0.2) is 42.7 Å². The van der Waals surface area contributed by atoms with Crippen LogP contribution in [0, 0.1) is 0 Å². The number of anilines is 1. The molecule has 1 amide bonds. The van der Waals surface area contributed by atoms with Crippen LogP contribution in [-0.2, 0) is 6.54 Å². The van der Waals surface area contributed by atoms with Gasteiger partial charge in [0, 0.05) is 29.3 Å². The van der Waals surface area contributed by atoms with Gasteiger partial charge in [-0.15, -0.1) is 11.3 Å². The second-order valence-electron chi connectivity index (χ2n) is 4.53. The highest BCUT2D eigenvalue weighted by Gasteiger charge is 2.15. The van der Waals surface area contributed by atoms with E-state index in [4.69, 9.17) is 17.3 Å². The number of aromatic nitrogens is 1. The largest absolute Gasteiger partial charge is 0.397 e. The van der Waals surface area contributed by atoms with E-state index >= 15 is 0 Å². The molecule has 2 aromatic heterocycles. The lowest BCUT2D eigenvalue weighted by molar-refractivity contribution is 0.0956. The number of thiophene rings is 1. The molecule has 0 spiro atoms. The van der Waals surface area contributed by atoms with Gasteiger partial charge in [0.15, 0.2) is 0 Å². The lowest BCUT2D eigenvalue weighted by Gasteiger charge is -2.05. The molecule has 21 heavy (non-hydrogen) atoms. The predicted octanol–water partition coefficient (Wildman–Crippen LogP) is 3.46. The molecular weight excluding hydrogens is 306 g/mol. The Bertz CT molecular complexity index is 816. The molecule has 6 heteroatoms. The first kappa shape index (κ1) is 13.9. The van der Waals surface area contributed by atoms with Crippen molar-refractivity contribution in [2.24, 2.45) is 0 Å². The van der Waals surface area contributed by atoms with Crippen molar-refractivity contribution in [2.45, 2.75) is 6.54 Å². The first-order valence-electron chi connectivity index (χ1n) is 6.30. The van der Waals surface area contributed by atoms with Crippen molar-refractivity contribution in [3.63, 3.8) is 0 Å². The highest BCUT2D eigenvalue weighted by Crippen LogP contribution is 2.32. The number of halogens is 1. The Morgan fingerprint density at radius 2 is 2.24 bits per heavy atom. The average molecular weight is 318 g/mol. The van der Waals surface area contributed by atoms with Crippen molar-refractivity contribution >= 4 is 44.6 Å². The van der Waals surface area contributed by atoms with Gasteiger partial charge in [-0.3, -0.25) is 9.78 Å². The number of pyridine rings is 1. The second-order valence-corrected chi connectivity index (χ2v) is 6.02. The van der Waals surface area contributed by atoms with Gasteiger partial charge >= 0.3 is 0 Å². The van der Waals surface area contributed by atoms with Gasteiger partial charge < -0.3 is 11.1 Å². The SMILES string of the molecule is Nc1c(C(=O)NCc2cccc(Cl)c2)sc2cnccc12. The Hall–Kier alpha value is -2.11. The van der Waals surface area contributed by atoms with E-state index in [-0.39, 0.29) is 5.91 Å². The molecular formula is C15H12ClN3OS. The molecule has 0 aliphatic heterocycles. The number of amides is 1. The molecule has 3 N–H and O–H groups in total. The minimum absolute atomic E-state index is 0.186. The third-order valence-electron chi connectivity index (χ3n) is 3.08. The maximum absolute atomic E-state index is 12.3. The number of carbonyl (C=O) groups excluding carboxylic acids is 1. The van der Waals surface area contributed by atoms with Crippen LogP contribution in [0.3, 0.4) is 0 Å². The van der Waals surface area contributed by atoms with Crippen LogP contribution >= 0.6 is 22.9 Å². The monoisotopic (exact) mass is 317 g/mol. The lowest BCUT2D eigenvalue weighted by Crippen LogP contribution is -2.22. The van der Waals surface area contributed by atoms with Crippen molar-refractivity contribution in [3.05, 3.63) is 58.2 Å². The molecule has 0 unspecified atom stereocenters. The highest BCUT2D eigenvalue weighted by molar-refractivity contribution is 7.21. The zero-order chi connectivity index (χ0) is 14.8. The number of hydrogen-bond acceptors (Lipinski definition) is 4. The normalized spacial score (nSPS) is 10.7. The van der Waals surface area contributed by atoms with Gasteiger partial charge in [0.1, 0.15) is 4.88 Å². The van der Waals surface area contributed by atoms with E-state index in [9.17, 15) is 4.79 Å². The van der Waals surface area contributed by atoms with Gasteiger partial charge in [0.05, 0.1) is 10.4 Å². The highest BCUT2D eigenvalue weighted by atomic mass is 35.5. The molecule has 0 fully saturated rings. The number of nitrogens with two attached hydrogens (primary N) is 1. The van der Waals surface area contributed by atoms with Crippen LogP contribution in [0.1, 0.15) is 15.2 Å². The third-order valence-corrected chi connectivity index (χ3v) is 4.47. The zero-order valence-corrected chi connectivity index (χ0v) is 12.5. The molecule has 0 saturated carbocycles. The number of benzene rings is 1. The van der Waals surface area contributed by atoms with Crippen LogP contribution in [0.25, 0.3) is 10.1 Å². The molecule has 0 radical (unpaired) electrons. The minimum Gasteiger partial charge on any atom is -0.397 e. The fourth-order valence-corrected chi connectivity index (χ4v) is 3.27. The molecule has 4 nitrogen and oxygen atoms in total. The average Bonchev–Trinajstić information content (AvgIpc) is 2.83. The molecule has 0 saturated heterocycles. The number of fused-ring (bicyclic) bond motifs is 1. The van der Waals surface area contributed by atoms with Gasteiger partial charge in [0.2, 0.25) is 0 Å². The van der Waals surface area contributed by atoms with E-state index in [1.54, 1.807) is 18.5 Å². The van der Waals surface area contributed by atoms with E-state index in [1.807, 2.05) is 24.3 Å². The summed E-state index contributed by atoms with van der Waals surface area (Å²) in [4.78, 5) is 16.8. The van der Waals surface area contributed by atoms with Crippen LogP contribution in [-0.4, -0.2) is 10.9 Å². The molecule has 0 atom stereocenters. The first-order chi connectivity index (χ1) is 10.1. The van der Waals surface area contributed by atoms with E-state index in [0.29, 0.717) is 22.1 Å². The van der Waals surface area contributed by atoms with Crippen LogP contribution in [0.5, 0.6) is 0 Å². The molecule has 3 aromatic rings. The number of nitrogens with one attached hydrogen (secondary N) is 1. The standard InChI is InChI=1S/C15H12ClN3OS/c16-10-3-1-2-9(6-10)7-19-15(20)14-13(17)11-4-5-18-8-12(11)21-14/h1-6,8H,7,17H2,(H,19,20). The van der Waals surface area contributed by atoms with Gasteiger partial charge in [-0.1, -0.05) is 23.7 Å². The predicted molar refractivity (Wildman–Crippen MR) is 86.7 cm³/mol. The number of hydrogen-bond donors (Lipinski definition) is 2. The van der Waals surface area contributed by atoms with Crippen molar-refractivity contribution in [1.29, 1.82) is 0 Å². The quantitative estimate of drug-likeness (QED) is 0.777. The maximum Gasteiger partial charge on any atom is 0.263 e. The van der Waals surface area contributed by atoms with Crippen molar-refractivity contribution in [3.8, 4) is 0 Å². The zero-order valence-electron chi connectivity index (χ0n) is 11.0. The minimum atomic E-state index is -0.186. The molecule has 0 aliphatic rings.